The zero-order valence-corrected chi connectivity index (χ0v) is 18.1. The minimum atomic E-state index is -2.96. The third-order valence-electron chi connectivity index (χ3n) is 5.01. The highest BCUT2D eigenvalue weighted by Crippen LogP contribution is 2.26. The number of aryl methyl sites for hydroxylation is 3. The molecule has 150 valence electrons. The van der Waals surface area contributed by atoms with Crippen LogP contribution in [0.1, 0.15) is 40.5 Å². The van der Waals surface area contributed by atoms with E-state index in [-0.39, 0.29) is 17.5 Å². The molecule has 1 saturated heterocycles. The van der Waals surface area contributed by atoms with Gasteiger partial charge in [0.15, 0.2) is 14.9 Å². The van der Waals surface area contributed by atoms with Crippen molar-refractivity contribution in [3.8, 4) is 0 Å². The first kappa shape index (κ1) is 20.5. The summed E-state index contributed by atoms with van der Waals surface area (Å²) in [6, 6.07) is 5.94. The molecular formula is C19H25N5O2S2. The van der Waals surface area contributed by atoms with Crippen molar-refractivity contribution in [2.24, 2.45) is 5.10 Å². The number of nitrogens with zero attached hydrogens (tertiary/aromatic N) is 3. The fraction of sp³-hybridized carbons (Fsp3) is 0.421. The summed E-state index contributed by atoms with van der Waals surface area (Å²) in [4.78, 5) is 0. The fourth-order valence-corrected chi connectivity index (χ4v) is 5.34. The molecular weight excluding hydrogens is 394 g/mol. The molecule has 0 saturated carbocycles. The van der Waals surface area contributed by atoms with E-state index in [4.69, 9.17) is 12.2 Å². The minimum Gasteiger partial charge on any atom is -0.331 e. The molecule has 0 radical (unpaired) electrons. The molecule has 2 aromatic rings. The predicted octanol–water partition coefficient (Wildman–Crippen LogP) is 2.80. The second kappa shape index (κ2) is 8.00. The number of anilines is 1. The van der Waals surface area contributed by atoms with Crippen molar-refractivity contribution < 1.29 is 8.42 Å². The number of hydrogen-bond donors (Lipinski definition) is 2. The Bertz CT molecular complexity index is 1020. The molecule has 28 heavy (non-hydrogen) atoms. The van der Waals surface area contributed by atoms with E-state index >= 15 is 0 Å². The lowest BCUT2D eigenvalue weighted by Gasteiger charge is -2.12. The highest BCUT2D eigenvalue weighted by molar-refractivity contribution is 7.91. The van der Waals surface area contributed by atoms with Crippen molar-refractivity contribution in [3.63, 3.8) is 0 Å². The number of hydrogen-bond acceptors (Lipinski definition) is 5. The Hall–Kier alpha value is -2.26. The number of thiocarbonyl (C=S) groups is 1. The SMILES string of the molecule is Cc1cccc(C)c1NC(=S)N/N=C\c1c(C)nn([C@@H]2CCS(=O)(=O)C2)c1C. The highest BCUT2D eigenvalue weighted by Gasteiger charge is 2.31. The van der Waals surface area contributed by atoms with Gasteiger partial charge in [-0.05, 0) is 57.5 Å². The van der Waals surface area contributed by atoms with Crippen LogP contribution < -0.4 is 10.7 Å². The summed E-state index contributed by atoms with van der Waals surface area (Å²) in [6.45, 7) is 7.86. The summed E-state index contributed by atoms with van der Waals surface area (Å²) in [7, 11) is -2.96. The molecule has 1 aromatic heterocycles. The Morgan fingerprint density at radius 1 is 1.29 bits per heavy atom. The van der Waals surface area contributed by atoms with E-state index in [9.17, 15) is 8.42 Å². The van der Waals surface area contributed by atoms with Crippen LogP contribution in [0.25, 0.3) is 0 Å². The molecule has 7 nitrogen and oxygen atoms in total. The van der Waals surface area contributed by atoms with Gasteiger partial charge in [0.1, 0.15) is 0 Å². The highest BCUT2D eigenvalue weighted by atomic mass is 32.2. The largest absolute Gasteiger partial charge is 0.331 e. The van der Waals surface area contributed by atoms with Crippen LogP contribution in [0.5, 0.6) is 0 Å². The van der Waals surface area contributed by atoms with Gasteiger partial charge in [-0.25, -0.2) is 8.42 Å². The summed E-state index contributed by atoms with van der Waals surface area (Å²) in [5.74, 6) is 0.368. The molecule has 2 heterocycles. The summed E-state index contributed by atoms with van der Waals surface area (Å²) in [5, 5.41) is 12.3. The van der Waals surface area contributed by atoms with Gasteiger partial charge in [-0.1, -0.05) is 18.2 Å². The van der Waals surface area contributed by atoms with Crippen LogP contribution in [0.3, 0.4) is 0 Å². The second-order valence-corrected chi connectivity index (χ2v) is 9.81. The Morgan fingerprint density at radius 3 is 2.57 bits per heavy atom. The number of para-hydroxylation sites is 1. The van der Waals surface area contributed by atoms with Gasteiger partial charge in [-0.3, -0.25) is 10.1 Å². The summed E-state index contributed by atoms with van der Waals surface area (Å²) >= 11 is 5.33. The number of hydrazone groups is 1. The van der Waals surface area contributed by atoms with Crippen molar-refractivity contribution in [1.29, 1.82) is 0 Å². The smallest absolute Gasteiger partial charge is 0.191 e. The number of rotatable bonds is 4. The van der Waals surface area contributed by atoms with E-state index in [0.29, 0.717) is 11.5 Å². The Balaban J connectivity index is 1.69. The van der Waals surface area contributed by atoms with Crippen molar-refractivity contribution in [3.05, 3.63) is 46.3 Å². The normalized spacial score (nSPS) is 18.5. The van der Waals surface area contributed by atoms with E-state index in [1.807, 2.05) is 50.6 Å². The van der Waals surface area contributed by atoms with Crippen LogP contribution in [0.4, 0.5) is 5.69 Å². The van der Waals surface area contributed by atoms with Crippen molar-refractivity contribution in [2.45, 2.75) is 40.2 Å². The zero-order valence-electron chi connectivity index (χ0n) is 16.5. The predicted molar refractivity (Wildman–Crippen MR) is 117 cm³/mol. The third-order valence-corrected chi connectivity index (χ3v) is 6.96. The fourth-order valence-electron chi connectivity index (χ4n) is 3.49. The molecule has 0 bridgehead atoms. The van der Waals surface area contributed by atoms with Gasteiger partial charge in [-0.2, -0.15) is 10.2 Å². The number of nitrogens with one attached hydrogen (secondary N) is 2. The lowest BCUT2D eigenvalue weighted by molar-refractivity contribution is 0.486. The van der Waals surface area contributed by atoms with E-state index in [1.165, 1.54) is 0 Å². The monoisotopic (exact) mass is 419 g/mol. The molecule has 1 atom stereocenters. The summed E-state index contributed by atoms with van der Waals surface area (Å²) in [5.41, 5.74) is 8.59. The maximum atomic E-state index is 11.8. The van der Waals surface area contributed by atoms with Crippen LogP contribution in [-0.2, 0) is 9.84 Å². The maximum Gasteiger partial charge on any atom is 0.191 e. The Kier molecular flexibility index (Phi) is 5.85. The standard InChI is InChI=1S/C19H25N5O2S2/c1-12-6-5-7-13(2)18(12)21-19(27)22-20-10-17-14(3)23-24(15(17)4)16-8-9-28(25,26)11-16/h5-7,10,16H,8-9,11H2,1-4H3,(H2,21,22,27)/b20-10-/t16-/m1/s1. The average molecular weight is 420 g/mol. The molecule has 1 aliphatic rings. The topological polar surface area (TPSA) is 88.4 Å². The quantitative estimate of drug-likeness (QED) is 0.450. The lowest BCUT2D eigenvalue weighted by atomic mass is 10.1. The van der Waals surface area contributed by atoms with Crippen LogP contribution in [0.2, 0.25) is 0 Å². The lowest BCUT2D eigenvalue weighted by Crippen LogP contribution is -2.24. The number of benzene rings is 1. The maximum absolute atomic E-state index is 11.8. The van der Waals surface area contributed by atoms with Crippen molar-refractivity contribution in [1.82, 2.24) is 15.2 Å². The first-order valence-corrected chi connectivity index (χ1v) is 11.3. The van der Waals surface area contributed by atoms with Crippen LogP contribution in [0, 0.1) is 27.7 Å². The molecule has 1 fully saturated rings. The summed E-state index contributed by atoms with van der Waals surface area (Å²) < 4.78 is 25.3. The van der Waals surface area contributed by atoms with Gasteiger partial charge in [0.25, 0.3) is 0 Å². The van der Waals surface area contributed by atoms with Crippen LogP contribution in [-0.4, -0.2) is 41.0 Å². The van der Waals surface area contributed by atoms with Gasteiger partial charge in [0.05, 0.1) is 29.5 Å². The average Bonchev–Trinajstić information content (AvgIpc) is 3.11. The number of aromatic nitrogens is 2. The second-order valence-electron chi connectivity index (χ2n) is 7.18. The molecule has 0 amide bonds. The van der Waals surface area contributed by atoms with Crippen LogP contribution >= 0.6 is 12.2 Å². The van der Waals surface area contributed by atoms with Gasteiger partial charge < -0.3 is 5.32 Å². The van der Waals surface area contributed by atoms with E-state index in [2.05, 4.69) is 20.9 Å². The molecule has 2 N–H and O–H groups in total. The zero-order chi connectivity index (χ0) is 20.5. The van der Waals surface area contributed by atoms with E-state index in [1.54, 1.807) is 6.21 Å². The van der Waals surface area contributed by atoms with Crippen molar-refractivity contribution in [2.75, 3.05) is 16.8 Å². The molecule has 9 heteroatoms. The first-order chi connectivity index (χ1) is 13.2. The Morgan fingerprint density at radius 2 is 1.96 bits per heavy atom. The van der Waals surface area contributed by atoms with E-state index in [0.717, 1.165) is 33.8 Å². The summed E-state index contributed by atoms with van der Waals surface area (Å²) in [6.07, 6.45) is 2.28. The van der Waals surface area contributed by atoms with Gasteiger partial charge in [0, 0.05) is 16.9 Å². The third kappa shape index (κ3) is 4.41. The van der Waals surface area contributed by atoms with Gasteiger partial charge in [-0.15, -0.1) is 0 Å². The molecule has 1 aromatic carbocycles. The van der Waals surface area contributed by atoms with Crippen molar-refractivity contribution >= 4 is 39.1 Å². The molecule has 0 unspecified atom stereocenters. The van der Waals surface area contributed by atoms with E-state index < -0.39 is 9.84 Å². The first-order valence-electron chi connectivity index (χ1n) is 9.10. The number of sulfone groups is 1. The minimum absolute atomic E-state index is 0.106. The molecule has 0 spiro atoms. The Labute approximate surface area is 171 Å². The van der Waals surface area contributed by atoms with Crippen LogP contribution in [0.15, 0.2) is 23.3 Å². The molecule has 3 rings (SSSR count). The molecule has 1 aliphatic heterocycles. The van der Waals surface area contributed by atoms with Gasteiger partial charge >= 0.3 is 0 Å². The molecule has 0 aliphatic carbocycles. The van der Waals surface area contributed by atoms with Gasteiger partial charge in [0.2, 0.25) is 0 Å².